The van der Waals surface area contributed by atoms with Crippen molar-refractivity contribution in [2.45, 2.75) is 23.7 Å². The molecule has 1 aliphatic heterocycles. The van der Waals surface area contributed by atoms with Gasteiger partial charge in [-0.15, -0.1) is 11.6 Å². The van der Waals surface area contributed by atoms with Gasteiger partial charge in [-0.2, -0.15) is 4.31 Å². The predicted molar refractivity (Wildman–Crippen MR) is 81.4 cm³/mol. The number of hydrogen-bond acceptors (Lipinski definition) is 3. The van der Waals surface area contributed by atoms with Gasteiger partial charge in [-0.25, -0.2) is 8.42 Å². The Morgan fingerprint density at radius 2 is 1.85 bits per heavy atom. The molecule has 1 saturated heterocycles. The lowest BCUT2D eigenvalue weighted by Crippen LogP contribution is -2.35. The SMILES string of the molecule is CC1CN(S(=O)(=O)c2ccc(CCl)cc2)CC1N(C)C. The topological polar surface area (TPSA) is 40.6 Å². The summed E-state index contributed by atoms with van der Waals surface area (Å²) >= 11 is 5.73. The average molecular weight is 317 g/mol. The second-order valence-corrected chi connectivity index (χ2v) is 7.81. The molecular formula is C14H21ClN2O2S. The van der Waals surface area contributed by atoms with Crippen LogP contribution in [0.3, 0.4) is 0 Å². The Hall–Kier alpha value is -0.620. The van der Waals surface area contributed by atoms with Crippen LogP contribution in [0.15, 0.2) is 29.2 Å². The molecule has 20 heavy (non-hydrogen) atoms. The first-order chi connectivity index (χ1) is 9.36. The van der Waals surface area contributed by atoms with Crippen molar-refractivity contribution in [3.63, 3.8) is 0 Å². The molecule has 2 rings (SSSR count). The summed E-state index contributed by atoms with van der Waals surface area (Å²) in [5, 5.41) is 0. The van der Waals surface area contributed by atoms with Crippen LogP contribution < -0.4 is 0 Å². The molecule has 1 aliphatic rings. The van der Waals surface area contributed by atoms with Gasteiger partial charge in [0.2, 0.25) is 10.0 Å². The summed E-state index contributed by atoms with van der Waals surface area (Å²) in [6.45, 7) is 3.22. The van der Waals surface area contributed by atoms with Gasteiger partial charge >= 0.3 is 0 Å². The Morgan fingerprint density at radius 3 is 2.30 bits per heavy atom. The average Bonchev–Trinajstić information content (AvgIpc) is 2.82. The smallest absolute Gasteiger partial charge is 0.243 e. The zero-order chi connectivity index (χ0) is 14.9. The number of hydrogen-bond donors (Lipinski definition) is 0. The van der Waals surface area contributed by atoms with Gasteiger partial charge in [-0.3, -0.25) is 0 Å². The molecule has 4 nitrogen and oxygen atoms in total. The van der Waals surface area contributed by atoms with Crippen LogP contribution in [0.5, 0.6) is 0 Å². The molecule has 1 fully saturated rings. The normalized spacial score (nSPS) is 24.4. The van der Waals surface area contributed by atoms with Crippen LogP contribution in [0.2, 0.25) is 0 Å². The molecule has 0 spiro atoms. The van der Waals surface area contributed by atoms with Gasteiger partial charge in [-0.05, 0) is 37.7 Å². The highest BCUT2D eigenvalue weighted by Gasteiger charge is 2.37. The summed E-state index contributed by atoms with van der Waals surface area (Å²) < 4.78 is 26.8. The lowest BCUT2D eigenvalue weighted by atomic mass is 10.1. The second kappa shape index (κ2) is 6.02. The molecule has 112 valence electrons. The number of alkyl halides is 1. The molecule has 0 N–H and O–H groups in total. The van der Waals surface area contributed by atoms with Crippen LogP contribution in [0, 0.1) is 5.92 Å². The quantitative estimate of drug-likeness (QED) is 0.798. The fourth-order valence-corrected chi connectivity index (χ4v) is 4.41. The lowest BCUT2D eigenvalue weighted by molar-refractivity contribution is 0.263. The molecule has 6 heteroatoms. The highest BCUT2D eigenvalue weighted by atomic mass is 35.5. The lowest BCUT2D eigenvalue weighted by Gasteiger charge is -2.22. The summed E-state index contributed by atoms with van der Waals surface area (Å²) in [6, 6.07) is 7.08. The van der Waals surface area contributed by atoms with E-state index in [9.17, 15) is 8.42 Å². The molecule has 1 aromatic rings. The number of sulfonamides is 1. The monoisotopic (exact) mass is 316 g/mol. The third-order valence-electron chi connectivity index (χ3n) is 3.92. The van der Waals surface area contributed by atoms with E-state index in [4.69, 9.17) is 11.6 Å². The van der Waals surface area contributed by atoms with E-state index < -0.39 is 10.0 Å². The van der Waals surface area contributed by atoms with E-state index in [0.29, 0.717) is 29.8 Å². The Balaban J connectivity index is 2.22. The van der Waals surface area contributed by atoms with Crippen LogP contribution in [-0.4, -0.2) is 50.8 Å². The molecule has 0 radical (unpaired) electrons. The van der Waals surface area contributed by atoms with Gasteiger partial charge in [0, 0.05) is 25.0 Å². The molecule has 0 aliphatic carbocycles. The zero-order valence-corrected chi connectivity index (χ0v) is 13.7. The fourth-order valence-electron chi connectivity index (χ4n) is 2.67. The molecule has 0 bridgehead atoms. The van der Waals surface area contributed by atoms with E-state index in [1.54, 1.807) is 28.6 Å². The minimum Gasteiger partial charge on any atom is -0.305 e. The summed E-state index contributed by atoms with van der Waals surface area (Å²) in [5.41, 5.74) is 0.923. The summed E-state index contributed by atoms with van der Waals surface area (Å²) in [4.78, 5) is 2.44. The third-order valence-corrected chi connectivity index (χ3v) is 6.07. The minimum atomic E-state index is -3.40. The van der Waals surface area contributed by atoms with Crippen LogP contribution in [0.25, 0.3) is 0 Å². The number of benzene rings is 1. The first-order valence-electron chi connectivity index (χ1n) is 6.67. The minimum absolute atomic E-state index is 0.270. The second-order valence-electron chi connectivity index (χ2n) is 5.61. The van der Waals surface area contributed by atoms with Crippen LogP contribution in [-0.2, 0) is 15.9 Å². The van der Waals surface area contributed by atoms with Crippen molar-refractivity contribution in [2.24, 2.45) is 5.92 Å². The first kappa shape index (κ1) is 15.8. The highest BCUT2D eigenvalue weighted by molar-refractivity contribution is 7.89. The zero-order valence-electron chi connectivity index (χ0n) is 12.1. The van der Waals surface area contributed by atoms with Crippen LogP contribution in [0.1, 0.15) is 12.5 Å². The third kappa shape index (κ3) is 3.01. The standard InChI is InChI=1S/C14H21ClN2O2S/c1-11-9-17(10-14(11)16(2)3)20(18,19)13-6-4-12(8-15)5-7-13/h4-7,11,14H,8-10H2,1-3H3. The number of nitrogens with zero attached hydrogens (tertiary/aromatic N) is 2. The van der Waals surface area contributed by atoms with Gasteiger partial charge in [0.05, 0.1) is 4.90 Å². The van der Waals surface area contributed by atoms with Gasteiger partial charge in [0.15, 0.2) is 0 Å². The van der Waals surface area contributed by atoms with Crippen molar-refractivity contribution in [3.8, 4) is 0 Å². The van der Waals surface area contributed by atoms with E-state index in [0.717, 1.165) is 5.56 Å². The molecule has 0 amide bonds. The maximum Gasteiger partial charge on any atom is 0.243 e. The largest absolute Gasteiger partial charge is 0.305 e. The Kier molecular flexibility index (Phi) is 4.74. The van der Waals surface area contributed by atoms with Crippen molar-refractivity contribution < 1.29 is 8.42 Å². The van der Waals surface area contributed by atoms with Gasteiger partial charge in [0.1, 0.15) is 0 Å². The van der Waals surface area contributed by atoms with Crippen molar-refractivity contribution >= 4 is 21.6 Å². The molecular weight excluding hydrogens is 296 g/mol. The van der Waals surface area contributed by atoms with Gasteiger partial charge < -0.3 is 4.90 Å². The predicted octanol–water partition coefficient (Wildman–Crippen LogP) is 2.00. The first-order valence-corrected chi connectivity index (χ1v) is 8.65. The highest BCUT2D eigenvalue weighted by Crippen LogP contribution is 2.26. The molecule has 1 aromatic carbocycles. The molecule has 0 saturated carbocycles. The maximum absolute atomic E-state index is 12.6. The van der Waals surface area contributed by atoms with Crippen molar-refractivity contribution in [3.05, 3.63) is 29.8 Å². The van der Waals surface area contributed by atoms with E-state index in [-0.39, 0.29) is 6.04 Å². The van der Waals surface area contributed by atoms with E-state index in [2.05, 4.69) is 11.8 Å². The van der Waals surface area contributed by atoms with Crippen molar-refractivity contribution in [2.75, 3.05) is 27.2 Å². The summed E-state index contributed by atoms with van der Waals surface area (Å²) in [5.74, 6) is 0.728. The Morgan fingerprint density at radius 1 is 1.25 bits per heavy atom. The number of rotatable bonds is 4. The number of halogens is 1. The molecule has 0 aromatic heterocycles. The van der Waals surface area contributed by atoms with Gasteiger partial charge in [-0.1, -0.05) is 19.1 Å². The molecule has 2 atom stereocenters. The molecule has 1 heterocycles. The van der Waals surface area contributed by atoms with E-state index in [1.807, 2.05) is 14.1 Å². The Bertz CT molecular complexity index is 557. The fraction of sp³-hybridized carbons (Fsp3) is 0.571. The van der Waals surface area contributed by atoms with Crippen LogP contribution >= 0.6 is 11.6 Å². The summed E-state index contributed by atoms with van der Waals surface area (Å²) in [7, 11) is 0.586. The summed E-state index contributed by atoms with van der Waals surface area (Å²) in [6.07, 6.45) is 0. The van der Waals surface area contributed by atoms with Crippen molar-refractivity contribution in [1.29, 1.82) is 0 Å². The Labute approximate surface area is 126 Å². The van der Waals surface area contributed by atoms with E-state index >= 15 is 0 Å². The van der Waals surface area contributed by atoms with Crippen molar-refractivity contribution in [1.82, 2.24) is 9.21 Å². The van der Waals surface area contributed by atoms with Crippen LogP contribution in [0.4, 0.5) is 0 Å². The van der Waals surface area contributed by atoms with E-state index in [1.165, 1.54) is 0 Å². The molecule has 2 unspecified atom stereocenters. The number of likely N-dealkylation sites (N-methyl/N-ethyl adjacent to an activating group) is 1. The van der Waals surface area contributed by atoms with Gasteiger partial charge in [0.25, 0.3) is 0 Å². The maximum atomic E-state index is 12.6.